The molecule has 0 saturated heterocycles. The summed E-state index contributed by atoms with van der Waals surface area (Å²) in [5.74, 6) is 0.895. The van der Waals surface area contributed by atoms with E-state index in [9.17, 15) is 0 Å². The minimum atomic E-state index is 0.525. The second kappa shape index (κ2) is 8.67. The van der Waals surface area contributed by atoms with Crippen LogP contribution in [-0.4, -0.2) is 0 Å². The molecule has 0 fully saturated rings. The zero-order chi connectivity index (χ0) is 16.8. The average Bonchev–Trinajstić information content (AvgIpc) is 3.09. The number of halogens is 2. The number of hydrogen-bond acceptors (Lipinski definition) is 3. The normalized spacial score (nSPS) is 10.8. The van der Waals surface area contributed by atoms with Gasteiger partial charge >= 0.3 is 0 Å². The van der Waals surface area contributed by atoms with E-state index < -0.39 is 0 Å². The van der Waals surface area contributed by atoms with Crippen molar-refractivity contribution in [3.63, 3.8) is 0 Å². The molecule has 2 nitrogen and oxygen atoms in total. The van der Waals surface area contributed by atoms with Gasteiger partial charge in [0.15, 0.2) is 0 Å². The molecule has 0 aliphatic carbocycles. The number of rotatable bonds is 7. The van der Waals surface area contributed by atoms with Gasteiger partial charge in [0, 0.05) is 33.0 Å². The Morgan fingerprint density at radius 1 is 1.04 bits per heavy atom. The third kappa shape index (κ3) is 5.08. The lowest BCUT2D eigenvalue weighted by Gasteiger charge is -2.13. The van der Waals surface area contributed by atoms with Crippen LogP contribution < -0.4 is 10.1 Å². The number of ether oxygens (including phenoxy) is 1. The predicted molar refractivity (Wildman–Crippen MR) is 105 cm³/mol. The fourth-order valence-electron chi connectivity index (χ4n) is 2.30. The van der Waals surface area contributed by atoms with E-state index in [-0.39, 0.29) is 0 Å². The zero-order valence-electron chi connectivity index (χ0n) is 13.0. The lowest BCUT2D eigenvalue weighted by Crippen LogP contribution is -2.13. The van der Waals surface area contributed by atoms with Gasteiger partial charge < -0.3 is 10.1 Å². The quantitative estimate of drug-likeness (QED) is 0.501. The van der Waals surface area contributed by atoms with Crippen molar-refractivity contribution in [1.29, 1.82) is 0 Å². The third-order valence-electron chi connectivity index (χ3n) is 3.52. The zero-order valence-corrected chi connectivity index (χ0v) is 16.1. The van der Waals surface area contributed by atoms with Crippen LogP contribution in [-0.2, 0) is 19.7 Å². The molecule has 0 aliphatic heterocycles. The minimum absolute atomic E-state index is 0.525. The molecule has 1 aromatic heterocycles. The van der Waals surface area contributed by atoms with Gasteiger partial charge in [-0.2, -0.15) is 0 Å². The number of thiophene rings is 1. The molecule has 2 aromatic carbocycles. The second-order valence-electron chi connectivity index (χ2n) is 5.35. The van der Waals surface area contributed by atoms with E-state index in [1.807, 2.05) is 36.4 Å². The van der Waals surface area contributed by atoms with Gasteiger partial charge in [-0.05, 0) is 47.3 Å². The van der Waals surface area contributed by atoms with E-state index in [1.54, 1.807) is 11.3 Å². The van der Waals surface area contributed by atoms with Crippen LogP contribution in [0, 0.1) is 0 Å². The fraction of sp³-hybridized carbons (Fsp3) is 0.158. The topological polar surface area (TPSA) is 21.3 Å². The van der Waals surface area contributed by atoms with E-state index in [4.69, 9.17) is 16.3 Å². The summed E-state index contributed by atoms with van der Waals surface area (Å²) in [6.07, 6.45) is 0. The minimum Gasteiger partial charge on any atom is -0.489 e. The summed E-state index contributed by atoms with van der Waals surface area (Å²) in [7, 11) is 0. The Bertz CT molecular complexity index is 775. The van der Waals surface area contributed by atoms with Gasteiger partial charge in [-0.1, -0.05) is 45.7 Å². The van der Waals surface area contributed by atoms with Gasteiger partial charge in [0.1, 0.15) is 12.4 Å². The largest absolute Gasteiger partial charge is 0.489 e. The lowest BCUT2D eigenvalue weighted by molar-refractivity contribution is 0.302. The van der Waals surface area contributed by atoms with Crippen LogP contribution in [0.25, 0.3) is 0 Å². The first-order chi connectivity index (χ1) is 11.7. The van der Waals surface area contributed by atoms with Gasteiger partial charge in [-0.25, -0.2) is 0 Å². The van der Waals surface area contributed by atoms with Gasteiger partial charge in [0.05, 0.1) is 0 Å². The molecule has 5 heteroatoms. The highest BCUT2D eigenvalue weighted by atomic mass is 79.9. The first kappa shape index (κ1) is 17.5. The van der Waals surface area contributed by atoms with Crippen molar-refractivity contribution < 1.29 is 4.74 Å². The van der Waals surface area contributed by atoms with E-state index >= 15 is 0 Å². The standard InChI is InChI=1S/C19H17BrClNOS/c20-16-5-8-19(23-13-14-3-6-17(21)7-4-14)15(10-16)11-22-12-18-2-1-9-24-18/h1-10,22H,11-13H2. The number of hydrogen-bond donors (Lipinski definition) is 1. The van der Waals surface area contributed by atoms with Crippen LogP contribution in [0.3, 0.4) is 0 Å². The molecule has 0 aliphatic rings. The van der Waals surface area contributed by atoms with E-state index in [0.29, 0.717) is 6.61 Å². The van der Waals surface area contributed by atoms with Crippen molar-refractivity contribution in [3.8, 4) is 5.75 Å². The molecule has 0 radical (unpaired) electrons. The predicted octanol–water partition coefficient (Wildman–Crippen LogP) is 6.03. The van der Waals surface area contributed by atoms with Crippen LogP contribution >= 0.6 is 38.9 Å². The maximum absolute atomic E-state index is 6.00. The van der Waals surface area contributed by atoms with Crippen molar-refractivity contribution in [1.82, 2.24) is 5.32 Å². The number of nitrogens with one attached hydrogen (secondary N) is 1. The molecule has 0 unspecified atom stereocenters. The summed E-state index contributed by atoms with van der Waals surface area (Å²) in [5, 5.41) is 6.30. The Morgan fingerprint density at radius 3 is 2.62 bits per heavy atom. The van der Waals surface area contributed by atoms with Crippen molar-refractivity contribution >= 4 is 38.9 Å². The first-order valence-corrected chi connectivity index (χ1v) is 9.64. The summed E-state index contributed by atoms with van der Waals surface area (Å²) >= 11 is 11.2. The fourth-order valence-corrected chi connectivity index (χ4v) is 3.51. The van der Waals surface area contributed by atoms with Crippen LogP contribution in [0.2, 0.25) is 5.02 Å². The summed E-state index contributed by atoms with van der Waals surface area (Å²) < 4.78 is 7.05. The molecule has 0 bridgehead atoms. The molecule has 0 saturated carbocycles. The SMILES string of the molecule is Clc1ccc(COc2ccc(Br)cc2CNCc2cccs2)cc1. The molecule has 1 N–H and O–H groups in total. The Balaban J connectivity index is 1.62. The van der Waals surface area contributed by atoms with Crippen LogP contribution in [0.5, 0.6) is 5.75 Å². The van der Waals surface area contributed by atoms with Crippen molar-refractivity contribution in [3.05, 3.63) is 85.5 Å². The Hall–Kier alpha value is -1.33. The molecule has 124 valence electrons. The lowest BCUT2D eigenvalue weighted by atomic mass is 10.2. The molecular weight excluding hydrogens is 406 g/mol. The van der Waals surface area contributed by atoms with Crippen molar-refractivity contribution in [2.45, 2.75) is 19.7 Å². The molecule has 0 amide bonds. The van der Waals surface area contributed by atoms with Crippen LogP contribution in [0.4, 0.5) is 0 Å². The van der Waals surface area contributed by atoms with Gasteiger partial charge in [-0.15, -0.1) is 11.3 Å². The van der Waals surface area contributed by atoms with Crippen molar-refractivity contribution in [2.24, 2.45) is 0 Å². The summed E-state index contributed by atoms with van der Waals surface area (Å²) in [6, 6.07) is 18.0. The Labute approximate surface area is 159 Å². The summed E-state index contributed by atoms with van der Waals surface area (Å²) in [5.41, 5.74) is 2.23. The smallest absolute Gasteiger partial charge is 0.124 e. The summed E-state index contributed by atoms with van der Waals surface area (Å²) in [4.78, 5) is 1.33. The van der Waals surface area contributed by atoms with Crippen molar-refractivity contribution in [2.75, 3.05) is 0 Å². The van der Waals surface area contributed by atoms with Gasteiger partial charge in [0.25, 0.3) is 0 Å². The highest BCUT2D eigenvalue weighted by Crippen LogP contribution is 2.24. The first-order valence-electron chi connectivity index (χ1n) is 7.59. The molecule has 24 heavy (non-hydrogen) atoms. The Morgan fingerprint density at radius 2 is 1.88 bits per heavy atom. The highest BCUT2D eigenvalue weighted by Gasteiger charge is 2.06. The monoisotopic (exact) mass is 421 g/mol. The maximum Gasteiger partial charge on any atom is 0.124 e. The maximum atomic E-state index is 6.00. The molecular formula is C19H17BrClNOS. The molecule has 0 atom stereocenters. The van der Waals surface area contributed by atoms with E-state index in [0.717, 1.165) is 39.5 Å². The highest BCUT2D eigenvalue weighted by molar-refractivity contribution is 9.10. The molecule has 3 aromatic rings. The van der Waals surface area contributed by atoms with Crippen LogP contribution in [0.1, 0.15) is 16.0 Å². The molecule has 3 rings (SSSR count). The molecule has 1 heterocycles. The molecule has 0 spiro atoms. The average molecular weight is 423 g/mol. The second-order valence-corrected chi connectivity index (χ2v) is 7.73. The summed E-state index contributed by atoms with van der Waals surface area (Å²) in [6.45, 7) is 2.14. The number of benzene rings is 2. The van der Waals surface area contributed by atoms with Crippen LogP contribution in [0.15, 0.2) is 64.5 Å². The van der Waals surface area contributed by atoms with E-state index in [1.165, 1.54) is 4.88 Å². The third-order valence-corrected chi connectivity index (χ3v) is 5.15. The van der Waals surface area contributed by atoms with E-state index in [2.05, 4.69) is 44.8 Å². The Kier molecular flexibility index (Phi) is 6.32. The van der Waals surface area contributed by atoms with Gasteiger partial charge in [0.2, 0.25) is 0 Å². The van der Waals surface area contributed by atoms with Gasteiger partial charge in [-0.3, -0.25) is 0 Å².